The molecule has 0 fully saturated rings. The minimum Gasteiger partial charge on any atom is -0.320 e. The summed E-state index contributed by atoms with van der Waals surface area (Å²) < 4.78 is 28.6. The van der Waals surface area contributed by atoms with Gasteiger partial charge < -0.3 is 5.73 Å². The molecule has 0 aliphatic rings. The lowest BCUT2D eigenvalue weighted by atomic mass is 10.1. The molecule has 0 spiro atoms. The highest BCUT2D eigenvalue weighted by molar-refractivity contribution is 7.26. The predicted molar refractivity (Wildman–Crippen MR) is 72.1 cm³/mol. The van der Waals surface area contributed by atoms with Crippen molar-refractivity contribution in [3.05, 3.63) is 57.8 Å². The summed E-state index contributed by atoms with van der Waals surface area (Å²) in [6, 6.07) is 6.93. The van der Waals surface area contributed by atoms with Gasteiger partial charge in [-0.2, -0.15) is 0 Å². The van der Waals surface area contributed by atoms with Crippen molar-refractivity contribution >= 4 is 32.1 Å². The van der Waals surface area contributed by atoms with E-state index in [2.05, 4.69) is 0 Å². The standard InChI is InChI=1S/C13H9F2NS2/c14-8-3-7(4-9(15)5-8)13(16)12-6-11-10(18-12)1-2-17-11/h1-6,13H,16H2. The normalized spacial score (nSPS) is 13.1. The Balaban J connectivity index is 2.03. The lowest BCUT2D eigenvalue weighted by Crippen LogP contribution is -2.10. The Bertz CT molecular complexity index is 653. The zero-order chi connectivity index (χ0) is 12.7. The highest BCUT2D eigenvalue weighted by Crippen LogP contribution is 2.35. The van der Waals surface area contributed by atoms with Gasteiger partial charge in [0.1, 0.15) is 11.6 Å². The van der Waals surface area contributed by atoms with Gasteiger partial charge in [-0.15, -0.1) is 22.7 Å². The Hall–Kier alpha value is -1.30. The van der Waals surface area contributed by atoms with Gasteiger partial charge in [-0.05, 0) is 35.2 Å². The van der Waals surface area contributed by atoms with Crippen LogP contribution in [0.2, 0.25) is 0 Å². The van der Waals surface area contributed by atoms with Crippen molar-refractivity contribution in [2.45, 2.75) is 6.04 Å². The van der Waals surface area contributed by atoms with Crippen molar-refractivity contribution in [2.75, 3.05) is 0 Å². The van der Waals surface area contributed by atoms with Crippen molar-refractivity contribution < 1.29 is 8.78 Å². The van der Waals surface area contributed by atoms with Crippen LogP contribution in [-0.2, 0) is 0 Å². The number of rotatable bonds is 2. The Labute approximate surface area is 110 Å². The highest BCUT2D eigenvalue weighted by atomic mass is 32.1. The van der Waals surface area contributed by atoms with E-state index in [1.54, 1.807) is 22.7 Å². The number of fused-ring (bicyclic) bond motifs is 1. The van der Waals surface area contributed by atoms with Gasteiger partial charge in [0.05, 0.1) is 6.04 Å². The molecule has 18 heavy (non-hydrogen) atoms. The Morgan fingerprint density at radius 3 is 2.39 bits per heavy atom. The molecule has 0 radical (unpaired) electrons. The smallest absolute Gasteiger partial charge is 0.126 e. The van der Waals surface area contributed by atoms with Gasteiger partial charge in [0.2, 0.25) is 0 Å². The van der Waals surface area contributed by atoms with Crippen LogP contribution in [0.3, 0.4) is 0 Å². The van der Waals surface area contributed by atoms with Gasteiger partial charge in [0.25, 0.3) is 0 Å². The van der Waals surface area contributed by atoms with Gasteiger partial charge in [-0.1, -0.05) is 0 Å². The zero-order valence-electron chi connectivity index (χ0n) is 9.19. The molecular formula is C13H9F2NS2. The fourth-order valence-electron chi connectivity index (χ4n) is 1.86. The minimum atomic E-state index is -0.598. The lowest BCUT2D eigenvalue weighted by molar-refractivity contribution is 0.577. The van der Waals surface area contributed by atoms with E-state index in [1.165, 1.54) is 12.1 Å². The molecule has 0 bridgehead atoms. The molecule has 3 aromatic rings. The highest BCUT2D eigenvalue weighted by Gasteiger charge is 2.14. The molecule has 5 heteroatoms. The lowest BCUT2D eigenvalue weighted by Gasteiger charge is -2.10. The van der Waals surface area contributed by atoms with E-state index in [0.717, 1.165) is 20.3 Å². The topological polar surface area (TPSA) is 26.0 Å². The van der Waals surface area contributed by atoms with Crippen LogP contribution in [0, 0.1) is 11.6 Å². The second kappa shape index (κ2) is 4.42. The van der Waals surface area contributed by atoms with E-state index in [1.807, 2.05) is 17.5 Å². The second-order valence-corrected chi connectivity index (χ2v) is 6.04. The maximum absolute atomic E-state index is 13.2. The summed E-state index contributed by atoms with van der Waals surface area (Å²) in [6.07, 6.45) is 0. The minimum absolute atomic E-state index is 0.460. The van der Waals surface area contributed by atoms with Crippen molar-refractivity contribution in [2.24, 2.45) is 5.73 Å². The summed E-state index contributed by atoms with van der Waals surface area (Å²) in [5, 5.41) is 2.01. The Kier molecular flexibility index (Phi) is 2.89. The van der Waals surface area contributed by atoms with Crippen molar-refractivity contribution in [3.63, 3.8) is 0 Å². The van der Waals surface area contributed by atoms with Crippen LogP contribution in [0.5, 0.6) is 0 Å². The van der Waals surface area contributed by atoms with Crippen LogP contribution in [0.4, 0.5) is 8.78 Å². The summed E-state index contributed by atoms with van der Waals surface area (Å²) in [5.74, 6) is -1.20. The number of hydrogen-bond donors (Lipinski definition) is 1. The fraction of sp³-hybridized carbons (Fsp3) is 0.0769. The van der Waals surface area contributed by atoms with Crippen molar-refractivity contribution in [1.82, 2.24) is 0 Å². The molecule has 0 aliphatic heterocycles. The van der Waals surface area contributed by atoms with Gasteiger partial charge in [0, 0.05) is 20.3 Å². The predicted octanol–water partition coefficient (Wildman–Crippen LogP) is 4.29. The molecule has 1 aromatic carbocycles. The number of thiophene rings is 2. The summed E-state index contributed by atoms with van der Waals surface area (Å²) >= 11 is 3.19. The number of benzene rings is 1. The van der Waals surface area contributed by atoms with Crippen LogP contribution in [-0.4, -0.2) is 0 Å². The van der Waals surface area contributed by atoms with Crippen LogP contribution in [0.1, 0.15) is 16.5 Å². The number of halogens is 2. The number of hydrogen-bond acceptors (Lipinski definition) is 3. The quantitative estimate of drug-likeness (QED) is 0.745. The van der Waals surface area contributed by atoms with E-state index in [-0.39, 0.29) is 0 Å². The molecule has 0 aliphatic carbocycles. The maximum atomic E-state index is 13.2. The molecule has 0 saturated carbocycles. The van der Waals surface area contributed by atoms with Crippen LogP contribution >= 0.6 is 22.7 Å². The maximum Gasteiger partial charge on any atom is 0.126 e. The van der Waals surface area contributed by atoms with E-state index in [0.29, 0.717) is 5.56 Å². The average molecular weight is 281 g/mol. The van der Waals surface area contributed by atoms with Gasteiger partial charge in [0.15, 0.2) is 0 Å². The third-order valence-electron chi connectivity index (χ3n) is 2.71. The first-order valence-electron chi connectivity index (χ1n) is 5.32. The number of nitrogens with two attached hydrogens (primary N) is 1. The van der Waals surface area contributed by atoms with E-state index in [4.69, 9.17) is 5.73 Å². The molecule has 0 saturated heterocycles. The van der Waals surface area contributed by atoms with Gasteiger partial charge >= 0.3 is 0 Å². The largest absolute Gasteiger partial charge is 0.320 e. The van der Waals surface area contributed by atoms with Gasteiger partial charge in [-0.3, -0.25) is 0 Å². The molecule has 2 heterocycles. The van der Waals surface area contributed by atoms with E-state index >= 15 is 0 Å². The van der Waals surface area contributed by atoms with Crippen molar-refractivity contribution in [3.8, 4) is 0 Å². The van der Waals surface area contributed by atoms with Crippen LogP contribution in [0.15, 0.2) is 35.7 Å². The molecule has 0 amide bonds. The summed E-state index contributed by atoms with van der Waals surface area (Å²) in [6.45, 7) is 0. The molecular weight excluding hydrogens is 272 g/mol. The Morgan fingerprint density at radius 2 is 1.72 bits per heavy atom. The summed E-state index contributed by atoms with van der Waals surface area (Å²) in [4.78, 5) is 0.918. The summed E-state index contributed by atoms with van der Waals surface area (Å²) in [7, 11) is 0. The third-order valence-corrected chi connectivity index (χ3v) is 4.89. The van der Waals surface area contributed by atoms with E-state index in [9.17, 15) is 8.78 Å². The second-order valence-electron chi connectivity index (χ2n) is 3.98. The Morgan fingerprint density at radius 1 is 1.00 bits per heavy atom. The first-order valence-corrected chi connectivity index (χ1v) is 7.01. The summed E-state index contributed by atoms with van der Waals surface area (Å²) in [5.41, 5.74) is 6.52. The van der Waals surface area contributed by atoms with Gasteiger partial charge in [-0.25, -0.2) is 8.78 Å². The zero-order valence-corrected chi connectivity index (χ0v) is 10.8. The molecule has 2 N–H and O–H groups in total. The van der Waals surface area contributed by atoms with Crippen LogP contribution < -0.4 is 5.73 Å². The molecule has 92 valence electrons. The average Bonchev–Trinajstić information content (AvgIpc) is 2.86. The van der Waals surface area contributed by atoms with Crippen LogP contribution in [0.25, 0.3) is 9.40 Å². The molecule has 1 nitrogen and oxygen atoms in total. The molecule has 2 aromatic heterocycles. The SMILES string of the molecule is NC(c1cc(F)cc(F)c1)c1cc2sccc2s1. The molecule has 3 rings (SSSR count). The first kappa shape index (κ1) is 11.8. The fourth-order valence-corrected chi connectivity index (χ4v) is 4.01. The first-order chi connectivity index (χ1) is 8.63. The molecule has 1 atom stereocenters. The van der Waals surface area contributed by atoms with E-state index < -0.39 is 17.7 Å². The third kappa shape index (κ3) is 2.05. The molecule has 1 unspecified atom stereocenters. The monoisotopic (exact) mass is 281 g/mol. The van der Waals surface area contributed by atoms with Crippen molar-refractivity contribution in [1.29, 1.82) is 0 Å².